The molecule has 2 nitrogen and oxygen atoms in total. The fourth-order valence-electron chi connectivity index (χ4n) is 1.95. The maximum absolute atomic E-state index is 12.9. The van der Waals surface area contributed by atoms with E-state index in [1.54, 1.807) is 11.3 Å². The van der Waals surface area contributed by atoms with Gasteiger partial charge in [-0.1, -0.05) is 26.0 Å². The van der Waals surface area contributed by atoms with E-state index < -0.39 is 0 Å². The fraction of sp³-hybridized carbons (Fsp3) is 0.357. The Kier molecular flexibility index (Phi) is 4.44. The van der Waals surface area contributed by atoms with Crippen LogP contribution in [0.1, 0.15) is 31.1 Å². The number of rotatable bonds is 5. The van der Waals surface area contributed by atoms with Gasteiger partial charge in [-0.2, -0.15) is 0 Å². The molecule has 2 rings (SSSR count). The van der Waals surface area contributed by atoms with Gasteiger partial charge in [0.05, 0.1) is 11.2 Å². The first-order chi connectivity index (χ1) is 8.66. The summed E-state index contributed by atoms with van der Waals surface area (Å²) in [5, 5.41) is 5.52. The zero-order chi connectivity index (χ0) is 13.0. The van der Waals surface area contributed by atoms with E-state index in [0.29, 0.717) is 5.92 Å². The van der Waals surface area contributed by atoms with Crippen molar-refractivity contribution in [3.8, 4) is 0 Å². The van der Waals surface area contributed by atoms with Crippen LogP contribution in [0.4, 0.5) is 4.39 Å². The summed E-state index contributed by atoms with van der Waals surface area (Å²) in [5.41, 5.74) is 3.99. The van der Waals surface area contributed by atoms with E-state index in [1.807, 2.05) is 23.0 Å². The second kappa shape index (κ2) is 6.07. The number of thiazole rings is 1. The summed E-state index contributed by atoms with van der Waals surface area (Å²) in [6, 6.07) is 6.92. The Bertz CT molecular complexity index is 465. The molecule has 0 radical (unpaired) electrons. The molecule has 0 saturated heterocycles. The summed E-state index contributed by atoms with van der Waals surface area (Å²) < 4.78 is 12.9. The fourth-order valence-corrected chi connectivity index (χ4v) is 2.51. The Hall–Kier alpha value is -1.26. The SMILES string of the molecule is CC(C)C(NCc1cscn1)c1ccc(F)cc1. The highest BCUT2D eigenvalue weighted by atomic mass is 32.1. The van der Waals surface area contributed by atoms with Crippen LogP contribution < -0.4 is 5.32 Å². The molecule has 0 aliphatic heterocycles. The first kappa shape index (κ1) is 13.2. The molecule has 0 fully saturated rings. The van der Waals surface area contributed by atoms with Gasteiger partial charge in [0, 0.05) is 18.0 Å². The second-order valence-corrected chi connectivity index (χ2v) is 5.35. The number of nitrogens with one attached hydrogen (secondary N) is 1. The number of hydrogen-bond acceptors (Lipinski definition) is 3. The molecule has 1 atom stereocenters. The number of aromatic nitrogens is 1. The van der Waals surface area contributed by atoms with Crippen LogP contribution in [0.15, 0.2) is 35.2 Å². The van der Waals surface area contributed by atoms with Gasteiger partial charge in [0.15, 0.2) is 0 Å². The third-order valence-corrected chi connectivity index (χ3v) is 3.52. The molecule has 1 heterocycles. The van der Waals surface area contributed by atoms with Crippen molar-refractivity contribution in [2.45, 2.75) is 26.4 Å². The zero-order valence-corrected chi connectivity index (χ0v) is 11.4. The number of hydrogen-bond donors (Lipinski definition) is 1. The predicted octanol–water partition coefficient (Wildman–Crippen LogP) is 3.77. The minimum atomic E-state index is -0.194. The quantitative estimate of drug-likeness (QED) is 0.889. The standard InChI is InChI=1S/C14H17FN2S/c1-10(2)14(11-3-5-12(15)6-4-11)16-7-13-8-18-9-17-13/h3-6,8-10,14,16H,7H2,1-2H3. The highest BCUT2D eigenvalue weighted by Gasteiger charge is 2.15. The van der Waals surface area contributed by atoms with Crippen LogP contribution in [0, 0.1) is 11.7 Å². The van der Waals surface area contributed by atoms with Crippen molar-refractivity contribution in [1.82, 2.24) is 10.3 Å². The van der Waals surface area contributed by atoms with E-state index in [-0.39, 0.29) is 11.9 Å². The lowest BCUT2D eigenvalue weighted by Crippen LogP contribution is -2.25. The lowest BCUT2D eigenvalue weighted by atomic mass is 9.96. The number of benzene rings is 1. The molecule has 0 aliphatic carbocycles. The summed E-state index contributed by atoms with van der Waals surface area (Å²) in [7, 11) is 0. The van der Waals surface area contributed by atoms with Crippen LogP contribution in [0.2, 0.25) is 0 Å². The van der Waals surface area contributed by atoms with Crippen molar-refractivity contribution in [2.75, 3.05) is 0 Å². The summed E-state index contributed by atoms with van der Waals surface area (Å²) in [4.78, 5) is 4.25. The Balaban J connectivity index is 2.06. The molecular weight excluding hydrogens is 247 g/mol. The molecule has 0 aliphatic rings. The van der Waals surface area contributed by atoms with Crippen molar-refractivity contribution >= 4 is 11.3 Å². The smallest absolute Gasteiger partial charge is 0.123 e. The number of halogens is 1. The molecule has 1 aromatic carbocycles. The Labute approximate surface area is 111 Å². The molecule has 0 amide bonds. The highest BCUT2D eigenvalue weighted by molar-refractivity contribution is 7.07. The van der Waals surface area contributed by atoms with Crippen LogP contribution in [0.3, 0.4) is 0 Å². The average molecular weight is 264 g/mol. The van der Waals surface area contributed by atoms with Crippen LogP contribution in [0.25, 0.3) is 0 Å². The van der Waals surface area contributed by atoms with E-state index in [1.165, 1.54) is 12.1 Å². The van der Waals surface area contributed by atoms with Gasteiger partial charge >= 0.3 is 0 Å². The van der Waals surface area contributed by atoms with Crippen molar-refractivity contribution < 1.29 is 4.39 Å². The van der Waals surface area contributed by atoms with E-state index >= 15 is 0 Å². The van der Waals surface area contributed by atoms with E-state index in [0.717, 1.165) is 17.8 Å². The minimum absolute atomic E-state index is 0.194. The maximum atomic E-state index is 12.9. The first-order valence-electron chi connectivity index (χ1n) is 6.02. The van der Waals surface area contributed by atoms with E-state index in [4.69, 9.17) is 0 Å². The Morgan fingerprint density at radius 3 is 2.56 bits per heavy atom. The van der Waals surface area contributed by atoms with Gasteiger partial charge < -0.3 is 5.32 Å². The normalized spacial score (nSPS) is 12.9. The monoisotopic (exact) mass is 264 g/mol. The Morgan fingerprint density at radius 2 is 2.00 bits per heavy atom. The van der Waals surface area contributed by atoms with Gasteiger partial charge in [-0.15, -0.1) is 11.3 Å². The Morgan fingerprint density at radius 1 is 1.28 bits per heavy atom. The van der Waals surface area contributed by atoms with Gasteiger partial charge in [-0.3, -0.25) is 0 Å². The summed E-state index contributed by atoms with van der Waals surface area (Å²) in [6.45, 7) is 5.05. The highest BCUT2D eigenvalue weighted by Crippen LogP contribution is 2.22. The average Bonchev–Trinajstić information content (AvgIpc) is 2.84. The molecule has 0 spiro atoms. The van der Waals surface area contributed by atoms with E-state index in [2.05, 4.69) is 24.1 Å². The number of nitrogens with zero attached hydrogens (tertiary/aromatic N) is 1. The van der Waals surface area contributed by atoms with Crippen molar-refractivity contribution in [2.24, 2.45) is 5.92 Å². The summed E-state index contributed by atoms with van der Waals surface area (Å²) >= 11 is 1.60. The molecule has 1 unspecified atom stereocenters. The van der Waals surface area contributed by atoms with Crippen LogP contribution in [-0.4, -0.2) is 4.98 Å². The molecule has 1 aromatic heterocycles. The summed E-state index contributed by atoms with van der Waals surface area (Å²) in [6.07, 6.45) is 0. The molecule has 1 N–H and O–H groups in total. The summed E-state index contributed by atoms with van der Waals surface area (Å²) in [5.74, 6) is 0.245. The lowest BCUT2D eigenvalue weighted by molar-refractivity contribution is 0.408. The third-order valence-electron chi connectivity index (χ3n) is 2.88. The van der Waals surface area contributed by atoms with Gasteiger partial charge in [0.1, 0.15) is 5.82 Å². The minimum Gasteiger partial charge on any atom is -0.304 e. The molecular formula is C14H17FN2S. The predicted molar refractivity (Wildman–Crippen MR) is 72.9 cm³/mol. The topological polar surface area (TPSA) is 24.9 Å². The molecule has 18 heavy (non-hydrogen) atoms. The van der Waals surface area contributed by atoms with Gasteiger partial charge in [-0.25, -0.2) is 9.37 Å². The molecule has 2 aromatic rings. The second-order valence-electron chi connectivity index (χ2n) is 4.63. The third kappa shape index (κ3) is 3.37. The van der Waals surface area contributed by atoms with Gasteiger partial charge in [0.25, 0.3) is 0 Å². The van der Waals surface area contributed by atoms with Crippen molar-refractivity contribution in [3.63, 3.8) is 0 Å². The van der Waals surface area contributed by atoms with Crippen LogP contribution >= 0.6 is 11.3 Å². The zero-order valence-electron chi connectivity index (χ0n) is 10.6. The molecule has 4 heteroatoms. The van der Waals surface area contributed by atoms with E-state index in [9.17, 15) is 4.39 Å². The van der Waals surface area contributed by atoms with Crippen molar-refractivity contribution in [1.29, 1.82) is 0 Å². The molecule has 0 saturated carbocycles. The maximum Gasteiger partial charge on any atom is 0.123 e. The van der Waals surface area contributed by atoms with Crippen molar-refractivity contribution in [3.05, 3.63) is 52.2 Å². The van der Waals surface area contributed by atoms with Gasteiger partial charge in [0.2, 0.25) is 0 Å². The van der Waals surface area contributed by atoms with Gasteiger partial charge in [-0.05, 0) is 23.6 Å². The van der Waals surface area contributed by atoms with Crippen LogP contribution in [-0.2, 0) is 6.54 Å². The molecule has 0 bridgehead atoms. The molecule has 96 valence electrons. The largest absolute Gasteiger partial charge is 0.304 e. The lowest BCUT2D eigenvalue weighted by Gasteiger charge is -2.22. The first-order valence-corrected chi connectivity index (χ1v) is 6.97. The van der Waals surface area contributed by atoms with Crippen LogP contribution in [0.5, 0.6) is 0 Å².